The smallest absolute Gasteiger partial charge is 0.352 e. The van der Waals surface area contributed by atoms with Gasteiger partial charge in [-0.2, -0.15) is 5.26 Å². The van der Waals surface area contributed by atoms with E-state index >= 15 is 0 Å². The number of rotatable bonds is 1. The number of hydrogen-bond acceptors (Lipinski definition) is 3. The molecule has 0 aromatic carbocycles. The van der Waals surface area contributed by atoms with E-state index in [2.05, 4.69) is 4.98 Å². The molecule has 0 aliphatic carbocycles. The summed E-state index contributed by atoms with van der Waals surface area (Å²) in [4.78, 5) is 23.1. The van der Waals surface area contributed by atoms with Crippen LogP contribution < -0.4 is 5.56 Å². The standard InChI is InChI=1S/C7H4N2O3/c8-3-4-1-5(7(11)12)9-6(10)2-4/h1-2H,(H,9,10)(H,11,12). The third-order valence-electron chi connectivity index (χ3n) is 1.20. The minimum Gasteiger partial charge on any atom is -0.477 e. The van der Waals surface area contributed by atoms with Gasteiger partial charge in [0.2, 0.25) is 5.56 Å². The highest BCUT2D eigenvalue weighted by molar-refractivity contribution is 5.85. The topological polar surface area (TPSA) is 93.9 Å². The number of H-pyrrole nitrogens is 1. The van der Waals surface area contributed by atoms with E-state index in [9.17, 15) is 9.59 Å². The Morgan fingerprint density at radius 2 is 2.25 bits per heavy atom. The van der Waals surface area contributed by atoms with E-state index in [-0.39, 0.29) is 11.3 Å². The van der Waals surface area contributed by atoms with Crippen LogP contribution in [-0.2, 0) is 0 Å². The average Bonchev–Trinajstić information content (AvgIpc) is 2.03. The molecule has 60 valence electrons. The molecule has 0 unspecified atom stereocenters. The molecule has 0 amide bonds. The summed E-state index contributed by atoms with van der Waals surface area (Å²) in [6.45, 7) is 0. The van der Waals surface area contributed by atoms with Gasteiger partial charge in [0.1, 0.15) is 5.69 Å². The van der Waals surface area contributed by atoms with Crippen LogP contribution in [0.4, 0.5) is 0 Å². The second-order valence-corrected chi connectivity index (χ2v) is 2.06. The Balaban J connectivity index is 3.36. The van der Waals surface area contributed by atoms with Gasteiger partial charge in [0.05, 0.1) is 11.6 Å². The van der Waals surface area contributed by atoms with Crippen molar-refractivity contribution in [3.05, 3.63) is 33.7 Å². The molecule has 1 heterocycles. The summed E-state index contributed by atoms with van der Waals surface area (Å²) < 4.78 is 0. The number of nitriles is 1. The molecule has 1 aromatic heterocycles. The van der Waals surface area contributed by atoms with Crippen molar-refractivity contribution in [3.63, 3.8) is 0 Å². The highest BCUT2D eigenvalue weighted by atomic mass is 16.4. The number of hydrogen-bond donors (Lipinski definition) is 2. The number of aromatic nitrogens is 1. The summed E-state index contributed by atoms with van der Waals surface area (Å²) in [5, 5.41) is 16.8. The van der Waals surface area contributed by atoms with Crippen molar-refractivity contribution < 1.29 is 9.90 Å². The molecule has 12 heavy (non-hydrogen) atoms. The van der Waals surface area contributed by atoms with Crippen molar-refractivity contribution in [2.24, 2.45) is 0 Å². The van der Waals surface area contributed by atoms with Crippen molar-refractivity contribution in [2.75, 3.05) is 0 Å². The van der Waals surface area contributed by atoms with Crippen LogP contribution in [-0.4, -0.2) is 16.1 Å². The van der Waals surface area contributed by atoms with Crippen molar-refractivity contribution >= 4 is 5.97 Å². The largest absolute Gasteiger partial charge is 0.477 e. The Bertz CT molecular complexity index is 413. The number of nitrogens with zero attached hydrogens (tertiary/aromatic N) is 1. The van der Waals surface area contributed by atoms with Gasteiger partial charge in [0.15, 0.2) is 0 Å². The van der Waals surface area contributed by atoms with Gasteiger partial charge in [-0.05, 0) is 6.07 Å². The fourth-order valence-electron chi connectivity index (χ4n) is 0.723. The molecule has 0 atom stereocenters. The van der Waals surface area contributed by atoms with Crippen molar-refractivity contribution in [2.45, 2.75) is 0 Å². The minimum atomic E-state index is -1.26. The van der Waals surface area contributed by atoms with Crippen LogP contribution in [0.15, 0.2) is 16.9 Å². The Kier molecular flexibility index (Phi) is 1.92. The predicted molar refractivity (Wildman–Crippen MR) is 38.7 cm³/mol. The second kappa shape index (κ2) is 2.88. The van der Waals surface area contributed by atoms with Gasteiger partial charge in [-0.3, -0.25) is 4.79 Å². The average molecular weight is 164 g/mol. The fourth-order valence-corrected chi connectivity index (χ4v) is 0.723. The summed E-state index contributed by atoms with van der Waals surface area (Å²) >= 11 is 0. The van der Waals surface area contributed by atoms with Crippen LogP contribution in [0.2, 0.25) is 0 Å². The van der Waals surface area contributed by atoms with Gasteiger partial charge in [-0.25, -0.2) is 4.79 Å². The molecule has 0 saturated heterocycles. The highest BCUT2D eigenvalue weighted by Crippen LogP contribution is 1.95. The van der Waals surface area contributed by atoms with E-state index in [4.69, 9.17) is 10.4 Å². The van der Waals surface area contributed by atoms with E-state index in [1.807, 2.05) is 0 Å². The van der Waals surface area contributed by atoms with Gasteiger partial charge in [0.25, 0.3) is 0 Å². The van der Waals surface area contributed by atoms with E-state index in [0.29, 0.717) is 0 Å². The monoisotopic (exact) mass is 164 g/mol. The molecular formula is C7H4N2O3. The van der Waals surface area contributed by atoms with E-state index < -0.39 is 11.5 Å². The molecule has 0 bridgehead atoms. The molecule has 5 nitrogen and oxygen atoms in total. The first-order valence-corrected chi connectivity index (χ1v) is 3.01. The third kappa shape index (κ3) is 1.49. The summed E-state index contributed by atoms with van der Waals surface area (Å²) in [6, 6.07) is 3.81. The lowest BCUT2D eigenvalue weighted by Gasteiger charge is -1.92. The molecule has 0 aliphatic rings. The number of pyridine rings is 1. The zero-order valence-electron chi connectivity index (χ0n) is 5.87. The molecule has 1 aromatic rings. The third-order valence-corrected chi connectivity index (χ3v) is 1.20. The lowest BCUT2D eigenvalue weighted by Crippen LogP contribution is -2.12. The maximum Gasteiger partial charge on any atom is 0.352 e. The summed E-state index contributed by atoms with van der Waals surface area (Å²) in [7, 11) is 0. The summed E-state index contributed by atoms with van der Waals surface area (Å²) in [6.07, 6.45) is 0. The number of carbonyl (C=O) groups is 1. The molecule has 0 radical (unpaired) electrons. The van der Waals surface area contributed by atoms with Gasteiger partial charge in [-0.1, -0.05) is 0 Å². The second-order valence-electron chi connectivity index (χ2n) is 2.06. The number of carboxylic acid groups (broad SMARTS) is 1. The van der Waals surface area contributed by atoms with Gasteiger partial charge in [0, 0.05) is 6.07 Å². The first-order valence-electron chi connectivity index (χ1n) is 3.01. The molecule has 1 rings (SSSR count). The van der Waals surface area contributed by atoms with E-state index in [0.717, 1.165) is 12.1 Å². The van der Waals surface area contributed by atoms with Crippen LogP contribution >= 0.6 is 0 Å². The van der Waals surface area contributed by atoms with Crippen LogP contribution in [0.25, 0.3) is 0 Å². The number of nitrogens with one attached hydrogen (secondary N) is 1. The lowest BCUT2D eigenvalue weighted by molar-refractivity contribution is 0.0690. The van der Waals surface area contributed by atoms with Crippen LogP contribution in [0.1, 0.15) is 16.1 Å². The van der Waals surface area contributed by atoms with Crippen LogP contribution in [0.5, 0.6) is 0 Å². The number of aromatic amines is 1. The Labute approximate surface area is 66.9 Å². The highest BCUT2D eigenvalue weighted by Gasteiger charge is 2.04. The normalized spacial score (nSPS) is 8.92. The first kappa shape index (κ1) is 8.01. The minimum absolute atomic E-state index is 0.0381. The van der Waals surface area contributed by atoms with Crippen molar-refractivity contribution in [1.29, 1.82) is 5.26 Å². The van der Waals surface area contributed by atoms with Gasteiger partial charge in [-0.15, -0.1) is 0 Å². The van der Waals surface area contributed by atoms with E-state index in [1.165, 1.54) is 0 Å². The maximum absolute atomic E-state index is 10.7. The van der Waals surface area contributed by atoms with Crippen molar-refractivity contribution in [3.8, 4) is 6.07 Å². The Morgan fingerprint density at radius 3 is 2.75 bits per heavy atom. The Hall–Kier alpha value is -2.09. The number of carboxylic acids is 1. The Morgan fingerprint density at radius 1 is 1.58 bits per heavy atom. The molecule has 0 fully saturated rings. The summed E-state index contributed by atoms with van der Waals surface area (Å²) in [5.41, 5.74) is -0.832. The first-order chi connectivity index (χ1) is 5.63. The van der Waals surface area contributed by atoms with Crippen molar-refractivity contribution in [1.82, 2.24) is 4.98 Å². The predicted octanol–water partition coefficient (Wildman–Crippen LogP) is -0.0552. The zero-order chi connectivity index (χ0) is 9.14. The SMILES string of the molecule is N#Cc1cc(C(=O)O)[nH]c(=O)c1. The zero-order valence-corrected chi connectivity index (χ0v) is 5.87. The molecule has 0 aliphatic heterocycles. The molecule has 5 heteroatoms. The van der Waals surface area contributed by atoms with Gasteiger partial charge < -0.3 is 10.1 Å². The van der Waals surface area contributed by atoms with Crippen LogP contribution in [0.3, 0.4) is 0 Å². The molecule has 0 spiro atoms. The fraction of sp³-hybridized carbons (Fsp3) is 0. The summed E-state index contributed by atoms with van der Waals surface area (Å²) in [5.74, 6) is -1.26. The lowest BCUT2D eigenvalue weighted by atomic mass is 10.2. The van der Waals surface area contributed by atoms with E-state index in [1.54, 1.807) is 6.07 Å². The molecule has 2 N–H and O–H groups in total. The van der Waals surface area contributed by atoms with Gasteiger partial charge >= 0.3 is 5.97 Å². The maximum atomic E-state index is 10.7. The quantitative estimate of drug-likeness (QED) is 0.608. The molecular weight excluding hydrogens is 160 g/mol. The number of aromatic carboxylic acids is 1. The molecule has 0 saturated carbocycles. The van der Waals surface area contributed by atoms with Crippen LogP contribution in [0, 0.1) is 11.3 Å².